The van der Waals surface area contributed by atoms with Gasteiger partial charge in [-0.1, -0.05) is 6.07 Å². The molecule has 4 heteroatoms. The molecule has 0 saturated heterocycles. The lowest BCUT2D eigenvalue weighted by atomic mass is 10.1. The fourth-order valence-corrected chi connectivity index (χ4v) is 1.32. The van der Waals surface area contributed by atoms with E-state index in [4.69, 9.17) is 0 Å². The Kier molecular flexibility index (Phi) is 3.98. The number of hydrogen-bond acceptors (Lipinski definition) is 2. The summed E-state index contributed by atoms with van der Waals surface area (Å²) in [5.41, 5.74) is 0.737. The first-order valence-electron chi connectivity index (χ1n) is 4.46. The van der Waals surface area contributed by atoms with Crippen LogP contribution in [0.5, 0.6) is 0 Å². The normalized spacial score (nSPS) is 12.9. The summed E-state index contributed by atoms with van der Waals surface area (Å²) in [6, 6.07) is 3.94. The van der Waals surface area contributed by atoms with Gasteiger partial charge in [-0.15, -0.1) is 0 Å². The van der Waals surface area contributed by atoms with Crippen LogP contribution in [0, 0.1) is 11.6 Å². The molecule has 1 unspecified atom stereocenters. The summed E-state index contributed by atoms with van der Waals surface area (Å²) in [6.45, 7) is 0.668. The maximum Gasteiger partial charge on any atom is 0.159 e. The van der Waals surface area contributed by atoms with Gasteiger partial charge in [-0.3, -0.25) is 0 Å². The smallest absolute Gasteiger partial charge is 0.159 e. The summed E-state index contributed by atoms with van der Waals surface area (Å²) in [6.07, 6.45) is 0. The van der Waals surface area contributed by atoms with Crippen LogP contribution in [0.3, 0.4) is 0 Å². The van der Waals surface area contributed by atoms with E-state index in [0.29, 0.717) is 6.54 Å². The molecule has 0 bridgehead atoms. The zero-order chi connectivity index (χ0) is 10.6. The van der Waals surface area contributed by atoms with Crippen LogP contribution in [0.25, 0.3) is 0 Å². The van der Waals surface area contributed by atoms with Crippen molar-refractivity contribution in [3.05, 3.63) is 35.4 Å². The molecule has 78 valence electrons. The first-order chi connectivity index (χ1) is 6.69. The van der Waals surface area contributed by atoms with Crippen LogP contribution in [-0.2, 0) is 0 Å². The van der Waals surface area contributed by atoms with Crippen molar-refractivity contribution in [3.63, 3.8) is 0 Å². The molecule has 1 aromatic carbocycles. The molecule has 2 nitrogen and oxygen atoms in total. The quantitative estimate of drug-likeness (QED) is 0.768. The van der Waals surface area contributed by atoms with Crippen LogP contribution >= 0.6 is 0 Å². The van der Waals surface area contributed by atoms with E-state index in [-0.39, 0.29) is 6.04 Å². The minimum Gasteiger partial charge on any atom is -0.318 e. The van der Waals surface area contributed by atoms with E-state index >= 15 is 0 Å². The minimum absolute atomic E-state index is 0.00454. The summed E-state index contributed by atoms with van der Waals surface area (Å²) in [5.74, 6) is -1.62. The molecule has 0 fully saturated rings. The first kappa shape index (κ1) is 11.1. The Labute approximate surface area is 82.3 Å². The third kappa shape index (κ3) is 2.49. The van der Waals surface area contributed by atoms with Crippen LogP contribution in [0.4, 0.5) is 8.78 Å². The second kappa shape index (κ2) is 5.02. The van der Waals surface area contributed by atoms with E-state index in [9.17, 15) is 8.78 Å². The largest absolute Gasteiger partial charge is 0.318 e. The van der Waals surface area contributed by atoms with Crippen molar-refractivity contribution in [1.82, 2.24) is 10.6 Å². The molecular formula is C10H14F2N2. The van der Waals surface area contributed by atoms with E-state index in [1.54, 1.807) is 13.1 Å². The predicted octanol–water partition coefficient (Wildman–Crippen LogP) is 1.44. The molecule has 0 heterocycles. The Balaban J connectivity index is 2.88. The highest BCUT2D eigenvalue weighted by atomic mass is 19.2. The average molecular weight is 200 g/mol. The molecule has 14 heavy (non-hydrogen) atoms. The van der Waals surface area contributed by atoms with Crippen molar-refractivity contribution < 1.29 is 8.78 Å². The van der Waals surface area contributed by atoms with Crippen molar-refractivity contribution in [3.8, 4) is 0 Å². The third-order valence-corrected chi connectivity index (χ3v) is 2.10. The number of likely N-dealkylation sites (N-methyl/N-ethyl adjacent to an activating group) is 2. The summed E-state index contributed by atoms with van der Waals surface area (Å²) >= 11 is 0. The summed E-state index contributed by atoms with van der Waals surface area (Å²) in [4.78, 5) is 0. The van der Waals surface area contributed by atoms with Crippen LogP contribution in [-0.4, -0.2) is 20.6 Å². The van der Waals surface area contributed by atoms with Crippen LogP contribution < -0.4 is 10.6 Å². The number of halogens is 2. The highest BCUT2D eigenvalue weighted by molar-refractivity contribution is 5.21. The third-order valence-electron chi connectivity index (χ3n) is 2.10. The SMILES string of the molecule is CNCC(NC)c1ccc(F)c(F)c1. The summed E-state index contributed by atoms with van der Waals surface area (Å²) in [7, 11) is 3.59. The number of hydrogen-bond donors (Lipinski definition) is 2. The molecule has 0 spiro atoms. The van der Waals surface area contributed by atoms with Gasteiger partial charge in [0.2, 0.25) is 0 Å². The molecule has 0 saturated carbocycles. The molecule has 0 aliphatic heterocycles. The lowest BCUT2D eigenvalue weighted by molar-refractivity contribution is 0.498. The Bertz CT molecular complexity index is 302. The molecule has 2 N–H and O–H groups in total. The van der Waals surface area contributed by atoms with Crippen molar-refractivity contribution in [2.24, 2.45) is 0 Å². The molecule has 0 aromatic heterocycles. The van der Waals surface area contributed by atoms with E-state index < -0.39 is 11.6 Å². The number of rotatable bonds is 4. The molecule has 0 aliphatic rings. The Morgan fingerprint density at radius 3 is 2.43 bits per heavy atom. The summed E-state index contributed by atoms with van der Waals surface area (Å²) < 4.78 is 25.5. The van der Waals surface area contributed by atoms with Crippen molar-refractivity contribution in [2.45, 2.75) is 6.04 Å². The molecule has 0 aliphatic carbocycles. The zero-order valence-corrected chi connectivity index (χ0v) is 8.27. The van der Waals surface area contributed by atoms with Crippen molar-refractivity contribution in [1.29, 1.82) is 0 Å². The Morgan fingerprint density at radius 1 is 1.21 bits per heavy atom. The van der Waals surface area contributed by atoms with Gasteiger partial charge in [0.05, 0.1) is 0 Å². The van der Waals surface area contributed by atoms with Gasteiger partial charge < -0.3 is 10.6 Å². The molecule has 0 amide bonds. The van der Waals surface area contributed by atoms with Gasteiger partial charge in [-0.2, -0.15) is 0 Å². The van der Waals surface area contributed by atoms with E-state index in [1.807, 2.05) is 7.05 Å². The second-order valence-corrected chi connectivity index (χ2v) is 3.07. The van der Waals surface area contributed by atoms with E-state index in [2.05, 4.69) is 10.6 Å². The maximum absolute atomic E-state index is 12.9. The van der Waals surface area contributed by atoms with E-state index in [1.165, 1.54) is 6.07 Å². The minimum atomic E-state index is -0.812. The fraction of sp³-hybridized carbons (Fsp3) is 0.400. The highest BCUT2D eigenvalue weighted by Gasteiger charge is 2.10. The van der Waals surface area contributed by atoms with Gasteiger partial charge in [0.25, 0.3) is 0 Å². The second-order valence-electron chi connectivity index (χ2n) is 3.07. The standard InChI is InChI=1S/C10H14F2N2/c1-13-6-10(14-2)7-3-4-8(11)9(12)5-7/h3-5,10,13-14H,6H2,1-2H3. The van der Waals surface area contributed by atoms with Gasteiger partial charge in [0.15, 0.2) is 11.6 Å². The first-order valence-corrected chi connectivity index (χ1v) is 4.46. The van der Waals surface area contributed by atoms with Crippen molar-refractivity contribution >= 4 is 0 Å². The lowest BCUT2D eigenvalue weighted by Crippen LogP contribution is -2.27. The van der Waals surface area contributed by atoms with Crippen LogP contribution in [0.2, 0.25) is 0 Å². The van der Waals surface area contributed by atoms with E-state index in [0.717, 1.165) is 11.6 Å². The highest BCUT2D eigenvalue weighted by Crippen LogP contribution is 2.15. The van der Waals surface area contributed by atoms with Crippen LogP contribution in [0.15, 0.2) is 18.2 Å². The fourth-order valence-electron chi connectivity index (χ4n) is 1.32. The topological polar surface area (TPSA) is 24.1 Å². The van der Waals surface area contributed by atoms with Gasteiger partial charge in [-0.25, -0.2) is 8.78 Å². The summed E-state index contributed by atoms with van der Waals surface area (Å²) in [5, 5.41) is 5.99. The molecular weight excluding hydrogens is 186 g/mol. The number of nitrogens with one attached hydrogen (secondary N) is 2. The number of benzene rings is 1. The lowest BCUT2D eigenvalue weighted by Gasteiger charge is -2.16. The Morgan fingerprint density at radius 2 is 1.93 bits per heavy atom. The average Bonchev–Trinajstić information content (AvgIpc) is 2.19. The van der Waals surface area contributed by atoms with Crippen LogP contribution in [0.1, 0.15) is 11.6 Å². The zero-order valence-electron chi connectivity index (χ0n) is 8.27. The van der Waals surface area contributed by atoms with Gasteiger partial charge in [0.1, 0.15) is 0 Å². The molecule has 1 aromatic rings. The molecule has 0 radical (unpaired) electrons. The van der Waals surface area contributed by atoms with Gasteiger partial charge in [-0.05, 0) is 31.8 Å². The van der Waals surface area contributed by atoms with Crippen molar-refractivity contribution in [2.75, 3.05) is 20.6 Å². The Hall–Kier alpha value is -1.00. The maximum atomic E-state index is 12.9. The van der Waals surface area contributed by atoms with Gasteiger partial charge in [0, 0.05) is 12.6 Å². The molecule has 1 rings (SSSR count). The molecule has 1 atom stereocenters. The monoisotopic (exact) mass is 200 g/mol. The predicted molar refractivity (Wildman–Crippen MR) is 52.1 cm³/mol. The van der Waals surface area contributed by atoms with Gasteiger partial charge >= 0.3 is 0 Å².